The molecule has 2 N–H and O–H groups in total. The van der Waals surface area contributed by atoms with Gasteiger partial charge in [-0.2, -0.15) is 0 Å². The summed E-state index contributed by atoms with van der Waals surface area (Å²) >= 11 is 6.27. The lowest BCUT2D eigenvalue weighted by molar-refractivity contribution is -0.137. The highest BCUT2D eigenvalue weighted by molar-refractivity contribution is 6.35. The molecule has 5 nitrogen and oxygen atoms in total. The number of hydrogen-bond donors (Lipinski definition) is 2. The molecule has 2 aromatic carbocycles. The fraction of sp³-hybridized carbons (Fsp3) is 0.304. The van der Waals surface area contributed by atoms with Gasteiger partial charge >= 0.3 is 5.97 Å². The standard InChI is InChI=1S/C23H22ClFN2O3/c24-19-11-15(25)10-18-17-12-16(7-8-20(17)27(23(18)19)13-22(29)30)26-21(28)9-6-14-4-2-1-3-5-14/h1-5,10-11,16H,6-9,12-13H2,(H,26,28)(H,29,30)/t16-/m0/s1. The predicted octanol–water partition coefficient (Wildman–Crippen LogP) is 4.12. The zero-order chi connectivity index (χ0) is 21.3. The molecule has 0 saturated heterocycles. The van der Waals surface area contributed by atoms with Gasteiger partial charge in [0.15, 0.2) is 0 Å². The number of amides is 1. The van der Waals surface area contributed by atoms with Crippen LogP contribution in [0.4, 0.5) is 4.39 Å². The number of rotatable bonds is 6. The summed E-state index contributed by atoms with van der Waals surface area (Å²) in [7, 11) is 0. The third-order valence-corrected chi connectivity index (χ3v) is 5.91. The molecule has 1 heterocycles. The summed E-state index contributed by atoms with van der Waals surface area (Å²) in [5, 5.41) is 13.2. The van der Waals surface area contributed by atoms with E-state index < -0.39 is 11.8 Å². The van der Waals surface area contributed by atoms with Crippen LogP contribution in [-0.4, -0.2) is 27.6 Å². The molecule has 0 aliphatic heterocycles. The molecule has 0 saturated carbocycles. The Bertz CT molecular complexity index is 1110. The second-order valence-electron chi connectivity index (χ2n) is 7.68. The van der Waals surface area contributed by atoms with Crippen molar-refractivity contribution in [3.8, 4) is 0 Å². The highest BCUT2D eigenvalue weighted by Gasteiger charge is 2.28. The topological polar surface area (TPSA) is 71.3 Å². The Morgan fingerprint density at radius 1 is 1.23 bits per heavy atom. The number of aryl methyl sites for hydroxylation is 1. The van der Waals surface area contributed by atoms with E-state index in [1.165, 1.54) is 12.1 Å². The highest BCUT2D eigenvalue weighted by Crippen LogP contribution is 2.36. The van der Waals surface area contributed by atoms with Crippen LogP contribution in [0.15, 0.2) is 42.5 Å². The van der Waals surface area contributed by atoms with E-state index in [2.05, 4.69) is 5.32 Å². The average molecular weight is 429 g/mol. The van der Waals surface area contributed by atoms with Gasteiger partial charge in [0.2, 0.25) is 5.91 Å². The Hall–Kier alpha value is -2.86. The van der Waals surface area contributed by atoms with Crippen molar-refractivity contribution in [2.24, 2.45) is 0 Å². The van der Waals surface area contributed by atoms with E-state index in [-0.39, 0.29) is 23.5 Å². The van der Waals surface area contributed by atoms with Crippen LogP contribution in [0.2, 0.25) is 5.02 Å². The number of halogens is 2. The van der Waals surface area contributed by atoms with Crippen LogP contribution in [0.1, 0.15) is 29.7 Å². The molecule has 1 amide bonds. The van der Waals surface area contributed by atoms with E-state index in [1.54, 1.807) is 4.57 Å². The second-order valence-corrected chi connectivity index (χ2v) is 8.09. The number of nitrogens with one attached hydrogen (secondary N) is 1. The summed E-state index contributed by atoms with van der Waals surface area (Å²) in [6.45, 7) is -0.231. The lowest BCUT2D eigenvalue weighted by Crippen LogP contribution is -2.39. The van der Waals surface area contributed by atoms with Gasteiger partial charge in [0, 0.05) is 23.5 Å². The molecule has 1 aliphatic carbocycles. The summed E-state index contributed by atoms with van der Waals surface area (Å²) in [5.74, 6) is -1.46. The molecule has 30 heavy (non-hydrogen) atoms. The number of carbonyl (C=O) groups is 2. The van der Waals surface area contributed by atoms with Crippen molar-refractivity contribution >= 4 is 34.4 Å². The van der Waals surface area contributed by atoms with Crippen LogP contribution in [0.25, 0.3) is 10.9 Å². The van der Waals surface area contributed by atoms with Crippen LogP contribution in [0, 0.1) is 5.82 Å². The zero-order valence-corrected chi connectivity index (χ0v) is 17.1. The first-order valence-corrected chi connectivity index (χ1v) is 10.3. The number of aromatic nitrogens is 1. The van der Waals surface area contributed by atoms with Crippen molar-refractivity contribution < 1.29 is 19.1 Å². The molecular weight excluding hydrogens is 407 g/mol. The van der Waals surface area contributed by atoms with Gasteiger partial charge in [-0.3, -0.25) is 9.59 Å². The molecule has 156 valence electrons. The minimum atomic E-state index is -0.980. The Balaban J connectivity index is 1.54. The van der Waals surface area contributed by atoms with Crippen LogP contribution < -0.4 is 5.32 Å². The largest absolute Gasteiger partial charge is 0.480 e. The summed E-state index contributed by atoms with van der Waals surface area (Å²) in [6, 6.07) is 12.4. The smallest absolute Gasteiger partial charge is 0.323 e. The molecule has 3 aromatic rings. The molecule has 7 heteroatoms. The molecular formula is C23H22ClFN2O3. The Labute approximate surface area is 178 Å². The Morgan fingerprint density at radius 2 is 2.00 bits per heavy atom. The summed E-state index contributed by atoms with van der Waals surface area (Å²) in [4.78, 5) is 23.8. The van der Waals surface area contributed by atoms with Crippen molar-refractivity contribution in [2.45, 2.75) is 44.7 Å². The van der Waals surface area contributed by atoms with E-state index in [0.29, 0.717) is 43.0 Å². The van der Waals surface area contributed by atoms with E-state index >= 15 is 0 Å². The van der Waals surface area contributed by atoms with Crippen molar-refractivity contribution in [3.05, 3.63) is 70.1 Å². The van der Waals surface area contributed by atoms with Gasteiger partial charge in [-0.1, -0.05) is 41.9 Å². The lowest BCUT2D eigenvalue weighted by Gasteiger charge is -2.25. The normalized spacial score (nSPS) is 15.7. The maximum Gasteiger partial charge on any atom is 0.323 e. The molecule has 0 unspecified atom stereocenters. The monoisotopic (exact) mass is 428 g/mol. The van der Waals surface area contributed by atoms with Gasteiger partial charge < -0.3 is 15.0 Å². The number of carboxylic acid groups (broad SMARTS) is 1. The molecule has 0 spiro atoms. The quantitative estimate of drug-likeness (QED) is 0.620. The number of hydrogen-bond acceptors (Lipinski definition) is 2. The third-order valence-electron chi connectivity index (χ3n) is 5.62. The molecule has 4 rings (SSSR count). The lowest BCUT2D eigenvalue weighted by atomic mass is 9.91. The molecule has 0 radical (unpaired) electrons. The predicted molar refractivity (Wildman–Crippen MR) is 113 cm³/mol. The van der Waals surface area contributed by atoms with Crippen LogP contribution >= 0.6 is 11.6 Å². The van der Waals surface area contributed by atoms with Crippen molar-refractivity contribution in [1.82, 2.24) is 9.88 Å². The number of nitrogens with zero attached hydrogens (tertiary/aromatic N) is 1. The van der Waals surface area contributed by atoms with E-state index in [4.69, 9.17) is 11.6 Å². The average Bonchev–Trinajstić information content (AvgIpc) is 3.00. The third kappa shape index (κ3) is 4.19. The summed E-state index contributed by atoms with van der Waals surface area (Å²) in [6.07, 6.45) is 2.88. The maximum absolute atomic E-state index is 14.0. The van der Waals surface area contributed by atoms with Crippen LogP contribution in [-0.2, 0) is 35.4 Å². The van der Waals surface area contributed by atoms with Gasteiger partial charge in [-0.15, -0.1) is 0 Å². The fourth-order valence-corrected chi connectivity index (χ4v) is 4.64. The fourth-order valence-electron chi connectivity index (χ4n) is 4.33. The van der Waals surface area contributed by atoms with Crippen molar-refractivity contribution in [3.63, 3.8) is 0 Å². The number of carbonyl (C=O) groups excluding carboxylic acids is 1. The van der Waals surface area contributed by atoms with Crippen molar-refractivity contribution in [1.29, 1.82) is 0 Å². The van der Waals surface area contributed by atoms with Crippen LogP contribution in [0.3, 0.4) is 0 Å². The number of aliphatic carboxylic acids is 1. The van der Waals surface area contributed by atoms with E-state index in [0.717, 1.165) is 16.8 Å². The maximum atomic E-state index is 14.0. The first kappa shape index (κ1) is 20.4. The highest BCUT2D eigenvalue weighted by atomic mass is 35.5. The zero-order valence-electron chi connectivity index (χ0n) is 16.3. The van der Waals surface area contributed by atoms with Crippen LogP contribution in [0.5, 0.6) is 0 Å². The summed E-state index contributed by atoms with van der Waals surface area (Å²) in [5.41, 5.74) is 3.38. The summed E-state index contributed by atoms with van der Waals surface area (Å²) < 4.78 is 15.7. The number of carboxylic acids is 1. The van der Waals surface area contributed by atoms with Gasteiger partial charge in [0.05, 0.1) is 10.5 Å². The number of fused-ring (bicyclic) bond motifs is 3. The second kappa shape index (κ2) is 8.48. The molecule has 1 atom stereocenters. The van der Waals surface area contributed by atoms with Gasteiger partial charge in [-0.05, 0) is 48.9 Å². The van der Waals surface area contributed by atoms with Gasteiger partial charge in [0.1, 0.15) is 12.4 Å². The molecule has 1 aromatic heterocycles. The van der Waals surface area contributed by atoms with E-state index in [9.17, 15) is 19.1 Å². The Morgan fingerprint density at radius 3 is 2.73 bits per heavy atom. The first-order chi connectivity index (χ1) is 14.4. The minimum absolute atomic E-state index is 0.0224. The minimum Gasteiger partial charge on any atom is -0.480 e. The van der Waals surface area contributed by atoms with E-state index in [1.807, 2.05) is 30.3 Å². The molecule has 0 fully saturated rings. The molecule has 0 bridgehead atoms. The molecule has 1 aliphatic rings. The van der Waals surface area contributed by atoms with Gasteiger partial charge in [0.25, 0.3) is 0 Å². The number of benzene rings is 2. The SMILES string of the molecule is O=C(O)Cn1c2c(c3cc(F)cc(Cl)c31)C[C@@H](NC(=O)CCc1ccccc1)CC2. The first-order valence-electron chi connectivity index (χ1n) is 9.96. The van der Waals surface area contributed by atoms with Gasteiger partial charge in [-0.25, -0.2) is 4.39 Å². The Kier molecular flexibility index (Phi) is 5.77. The van der Waals surface area contributed by atoms with Crippen molar-refractivity contribution in [2.75, 3.05) is 0 Å².